The van der Waals surface area contributed by atoms with Crippen LogP contribution in [0.4, 0.5) is 24.7 Å². The van der Waals surface area contributed by atoms with Crippen LogP contribution >= 0.6 is 11.6 Å². The summed E-state index contributed by atoms with van der Waals surface area (Å²) in [6.07, 6.45) is -0.613. The summed E-state index contributed by atoms with van der Waals surface area (Å²) >= 11 is 6.45. The first-order valence-corrected chi connectivity index (χ1v) is 13.2. The van der Waals surface area contributed by atoms with Gasteiger partial charge in [0.15, 0.2) is 5.69 Å². The van der Waals surface area contributed by atoms with E-state index in [1.165, 1.54) is 6.08 Å². The molecule has 0 saturated carbocycles. The number of ether oxygens (including phenoxy) is 1. The van der Waals surface area contributed by atoms with Crippen molar-refractivity contribution in [3.05, 3.63) is 41.1 Å². The SMILES string of the molecule is C=CC(=O)N1CCN(C2CN(c3cc(N4CCC5(CC4)OC(C)C=C5Cl)nc(C(F)(F)F)c3C#N)C2)CC1. The van der Waals surface area contributed by atoms with Crippen LogP contribution in [0.1, 0.15) is 31.0 Å². The Hall–Kier alpha value is -2.81. The van der Waals surface area contributed by atoms with Crippen molar-refractivity contribution in [2.45, 2.75) is 43.7 Å². The summed E-state index contributed by atoms with van der Waals surface area (Å²) in [4.78, 5) is 23.4. The molecule has 0 radical (unpaired) electrons. The molecular weight excluding hydrogens is 521 g/mol. The van der Waals surface area contributed by atoms with Crippen LogP contribution < -0.4 is 9.80 Å². The van der Waals surface area contributed by atoms with E-state index in [1.54, 1.807) is 17.0 Å². The van der Waals surface area contributed by atoms with Crippen molar-refractivity contribution < 1.29 is 22.7 Å². The first kappa shape index (κ1) is 26.8. The lowest BCUT2D eigenvalue weighted by molar-refractivity contribution is -0.141. The number of pyridine rings is 1. The lowest BCUT2D eigenvalue weighted by atomic mass is 9.91. The number of carbonyl (C=O) groups is 1. The van der Waals surface area contributed by atoms with Crippen LogP contribution in [0.3, 0.4) is 0 Å². The van der Waals surface area contributed by atoms with E-state index < -0.39 is 23.0 Å². The largest absolute Gasteiger partial charge is 0.434 e. The Labute approximate surface area is 224 Å². The molecule has 1 unspecified atom stereocenters. The summed E-state index contributed by atoms with van der Waals surface area (Å²) in [7, 11) is 0. The van der Waals surface area contributed by atoms with Crippen LogP contribution in [0, 0.1) is 11.3 Å². The third-order valence-corrected chi connectivity index (χ3v) is 8.48. The van der Waals surface area contributed by atoms with Gasteiger partial charge in [-0.2, -0.15) is 18.4 Å². The Kier molecular flexibility index (Phi) is 7.09. The summed E-state index contributed by atoms with van der Waals surface area (Å²) in [5.74, 6) is 0.103. The molecule has 12 heteroatoms. The number of hydrogen-bond donors (Lipinski definition) is 0. The number of halogens is 4. The van der Waals surface area contributed by atoms with Gasteiger partial charge >= 0.3 is 6.18 Å². The van der Waals surface area contributed by atoms with Crippen LogP contribution in [-0.4, -0.2) is 90.8 Å². The Bertz CT molecular complexity index is 1180. The molecule has 8 nitrogen and oxygen atoms in total. The molecule has 1 spiro atoms. The monoisotopic (exact) mass is 550 g/mol. The van der Waals surface area contributed by atoms with Crippen LogP contribution in [-0.2, 0) is 15.7 Å². The predicted molar refractivity (Wildman–Crippen MR) is 137 cm³/mol. The van der Waals surface area contributed by atoms with E-state index in [4.69, 9.17) is 16.3 Å². The van der Waals surface area contributed by atoms with Gasteiger partial charge in [0.25, 0.3) is 0 Å². The summed E-state index contributed by atoms with van der Waals surface area (Å²) in [6.45, 7) is 9.84. The van der Waals surface area contributed by atoms with Crippen LogP contribution in [0.25, 0.3) is 0 Å². The smallest absolute Gasteiger partial charge is 0.367 e. The van der Waals surface area contributed by atoms with Crippen LogP contribution in [0.5, 0.6) is 0 Å². The van der Waals surface area contributed by atoms with Gasteiger partial charge in [0, 0.05) is 69.5 Å². The molecule has 0 aliphatic carbocycles. The third kappa shape index (κ3) is 4.85. The highest BCUT2D eigenvalue weighted by molar-refractivity contribution is 6.31. The maximum Gasteiger partial charge on any atom is 0.434 e. The number of carbonyl (C=O) groups excluding carboxylic acids is 1. The van der Waals surface area contributed by atoms with Gasteiger partial charge in [-0.3, -0.25) is 9.69 Å². The molecule has 204 valence electrons. The molecule has 1 aromatic heterocycles. The molecule has 1 amide bonds. The minimum Gasteiger partial charge on any atom is -0.367 e. The number of nitrogens with zero attached hydrogens (tertiary/aromatic N) is 6. The van der Waals surface area contributed by atoms with Crippen LogP contribution in [0.2, 0.25) is 0 Å². The topological polar surface area (TPSA) is 75.9 Å². The van der Waals surface area contributed by atoms with Crippen molar-refractivity contribution in [2.75, 3.05) is 62.2 Å². The number of amides is 1. The number of hydrogen-bond acceptors (Lipinski definition) is 7. The van der Waals surface area contributed by atoms with Crippen molar-refractivity contribution in [1.29, 1.82) is 5.26 Å². The quantitative estimate of drug-likeness (QED) is 0.532. The van der Waals surface area contributed by atoms with Gasteiger partial charge in [0.1, 0.15) is 23.1 Å². The average Bonchev–Trinajstić information content (AvgIpc) is 3.14. The molecule has 0 aromatic carbocycles. The van der Waals surface area contributed by atoms with Crippen molar-refractivity contribution >= 4 is 29.0 Å². The highest BCUT2D eigenvalue weighted by Gasteiger charge is 2.45. The molecule has 0 N–H and O–H groups in total. The van der Waals surface area contributed by atoms with Crippen molar-refractivity contribution in [2.24, 2.45) is 0 Å². The van der Waals surface area contributed by atoms with E-state index in [2.05, 4.69) is 16.5 Å². The molecule has 38 heavy (non-hydrogen) atoms. The normalized spacial score (nSPS) is 24.3. The third-order valence-electron chi connectivity index (χ3n) is 8.01. The minimum atomic E-state index is -4.76. The van der Waals surface area contributed by atoms with Gasteiger partial charge in [-0.25, -0.2) is 4.98 Å². The standard InChI is InChI=1S/C26H30ClF3N6O2/c1-3-23(37)35-10-8-33(9-11-35)18-15-36(16-18)20-13-22(32-24(19(20)14-31)26(28,29)30)34-6-4-25(5-7-34)21(27)12-17(2)38-25/h3,12-13,17-18H,1,4-11,15-16H2,2H3. The second-order valence-electron chi connectivity index (χ2n) is 10.3. The molecule has 5 rings (SSSR count). The van der Waals surface area contributed by atoms with Crippen molar-refractivity contribution in [1.82, 2.24) is 14.8 Å². The number of piperidine rings is 1. The van der Waals surface area contributed by atoms with E-state index in [0.717, 1.165) is 0 Å². The van der Waals surface area contributed by atoms with Gasteiger partial charge in [-0.15, -0.1) is 0 Å². The number of anilines is 2. The van der Waals surface area contributed by atoms with Crippen molar-refractivity contribution in [3.63, 3.8) is 0 Å². The summed E-state index contributed by atoms with van der Waals surface area (Å²) in [5.41, 5.74) is -1.94. The van der Waals surface area contributed by atoms with E-state index in [-0.39, 0.29) is 29.6 Å². The van der Waals surface area contributed by atoms with E-state index in [9.17, 15) is 23.2 Å². The fourth-order valence-corrected chi connectivity index (χ4v) is 6.23. The zero-order valence-electron chi connectivity index (χ0n) is 21.2. The van der Waals surface area contributed by atoms with Gasteiger partial charge in [-0.05, 0) is 31.9 Å². The lowest BCUT2D eigenvalue weighted by Crippen LogP contribution is -2.63. The highest BCUT2D eigenvalue weighted by atomic mass is 35.5. The van der Waals surface area contributed by atoms with Crippen molar-refractivity contribution in [3.8, 4) is 6.07 Å². The Balaban J connectivity index is 1.33. The molecule has 0 bridgehead atoms. The van der Waals surface area contributed by atoms with Crippen LogP contribution in [0.15, 0.2) is 29.8 Å². The molecule has 4 aliphatic rings. The number of piperazine rings is 1. The molecule has 4 aliphatic heterocycles. The predicted octanol–water partition coefficient (Wildman–Crippen LogP) is 3.37. The molecular formula is C26H30ClF3N6O2. The van der Waals surface area contributed by atoms with E-state index in [1.807, 2.05) is 22.8 Å². The average molecular weight is 551 g/mol. The van der Waals surface area contributed by atoms with Gasteiger partial charge in [0.05, 0.1) is 11.8 Å². The lowest BCUT2D eigenvalue weighted by Gasteiger charge is -2.49. The van der Waals surface area contributed by atoms with E-state index >= 15 is 0 Å². The molecule has 1 atom stereocenters. The fourth-order valence-electron chi connectivity index (χ4n) is 5.82. The second kappa shape index (κ2) is 10.1. The Morgan fingerprint density at radius 3 is 2.39 bits per heavy atom. The highest BCUT2D eigenvalue weighted by Crippen LogP contribution is 2.44. The zero-order valence-corrected chi connectivity index (χ0v) is 21.9. The Morgan fingerprint density at radius 1 is 1.21 bits per heavy atom. The maximum atomic E-state index is 14.0. The summed E-state index contributed by atoms with van der Waals surface area (Å²) < 4.78 is 48.2. The first-order chi connectivity index (χ1) is 18.0. The first-order valence-electron chi connectivity index (χ1n) is 12.8. The van der Waals surface area contributed by atoms with Gasteiger partial charge in [-0.1, -0.05) is 18.2 Å². The number of aromatic nitrogens is 1. The fraction of sp³-hybridized carbons (Fsp3) is 0.577. The maximum absolute atomic E-state index is 14.0. The summed E-state index contributed by atoms with van der Waals surface area (Å²) in [5, 5.41) is 10.4. The molecule has 3 fully saturated rings. The number of alkyl halides is 3. The number of rotatable bonds is 4. The molecule has 1 aromatic rings. The van der Waals surface area contributed by atoms with E-state index in [0.29, 0.717) is 70.2 Å². The summed E-state index contributed by atoms with van der Waals surface area (Å²) in [6, 6.07) is 3.51. The number of nitriles is 1. The second-order valence-corrected chi connectivity index (χ2v) is 10.7. The Morgan fingerprint density at radius 2 is 1.87 bits per heavy atom. The van der Waals surface area contributed by atoms with Gasteiger partial charge in [0.2, 0.25) is 5.91 Å². The van der Waals surface area contributed by atoms with Gasteiger partial charge < -0.3 is 19.4 Å². The zero-order chi connectivity index (χ0) is 27.2. The minimum absolute atomic E-state index is 0.0986. The molecule has 3 saturated heterocycles. The molecule has 5 heterocycles.